The molecule has 54 valence electrons. The lowest BCUT2D eigenvalue weighted by Crippen LogP contribution is -2.05. The first-order valence-corrected chi connectivity index (χ1v) is 3.03. The van der Waals surface area contributed by atoms with Gasteiger partial charge in [-0.2, -0.15) is 0 Å². The largest absolute Gasteiger partial charge is 0.505 e. The van der Waals surface area contributed by atoms with Gasteiger partial charge in [0.15, 0.2) is 5.75 Å². The normalized spacial score (nSPS) is 9.70. The molecule has 1 aromatic heterocycles. The van der Waals surface area contributed by atoms with E-state index in [1.807, 2.05) is 0 Å². The van der Waals surface area contributed by atoms with Crippen molar-refractivity contribution in [3.05, 3.63) is 18.2 Å². The summed E-state index contributed by atoms with van der Waals surface area (Å²) in [6.45, 7) is 0.533. The van der Waals surface area contributed by atoms with E-state index in [1.165, 1.54) is 12.4 Å². The van der Waals surface area contributed by atoms with Crippen molar-refractivity contribution in [1.82, 2.24) is 9.97 Å². The highest BCUT2D eigenvalue weighted by atomic mass is 16.3. The molecule has 0 atom stereocenters. The Labute approximate surface area is 58.7 Å². The Morgan fingerprint density at radius 1 is 1.40 bits per heavy atom. The minimum atomic E-state index is 0.0840. The Kier molecular flexibility index (Phi) is 2.17. The van der Waals surface area contributed by atoms with Gasteiger partial charge in [-0.15, -0.1) is 0 Å². The fraction of sp³-hybridized carbons (Fsp3) is 0.333. The van der Waals surface area contributed by atoms with Crippen LogP contribution in [0.15, 0.2) is 12.4 Å². The van der Waals surface area contributed by atoms with Crippen LogP contribution in [-0.2, 0) is 6.42 Å². The van der Waals surface area contributed by atoms with E-state index in [0.717, 1.165) is 0 Å². The van der Waals surface area contributed by atoms with Crippen LogP contribution in [0.1, 0.15) is 5.82 Å². The minimum Gasteiger partial charge on any atom is -0.505 e. The van der Waals surface area contributed by atoms with Gasteiger partial charge in [-0.1, -0.05) is 0 Å². The maximum atomic E-state index is 8.77. The Hall–Kier alpha value is -1.16. The SMILES string of the molecule is NCCc1ncc(O)cn1. The zero-order valence-electron chi connectivity index (χ0n) is 5.49. The molecule has 0 aliphatic heterocycles. The zero-order valence-corrected chi connectivity index (χ0v) is 5.49. The molecule has 10 heavy (non-hydrogen) atoms. The molecule has 3 N–H and O–H groups in total. The molecule has 0 fully saturated rings. The van der Waals surface area contributed by atoms with Crippen LogP contribution in [0.3, 0.4) is 0 Å². The van der Waals surface area contributed by atoms with Crippen molar-refractivity contribution in [3.8, 4) is 5.75 Å². The first-order chi connectivity index (χ1) is 4.83. The van der Waals surface area contributed by atoms with E-state index in [2.05, 4.69) is 9.97 Å². The van der Waals surface area contributed by atoms with E-state index in [1.54, 1.807) is 0 Å². The molecule has 1 rings (SSSR count). The van der Waals surface area contributed by atoms with Gasteiger partial charge in [0.05, 0.1) is 12.4 Å². The molecular weight excluding hydrogens is 130 g/mol. The maximum absolute atomic E-state index is 8.77. The lowest BCUT2D eigenvalue weighted by atomic mass is 10.4. The van der Waals surface area contributed by atoms with Crippen molar-refractivity contribution in [2.45, 2.75) is 6.42 Å². The summed E-state index contributed by atoms with van der Waals surface area (Å²) in [5.41, 5.74) is 5.26. The van der Waals surface area contributed by atoms with E-state index in [0.29, 0.717) is 18.8 Å². The fourth-order valence-electron chi connectivity index (χ4n) is 0.606. The molecule has 0 unspecified atom stereocenters. The topological polar surface area (TPSA) is 72.0 Å². The Morgan fingerprint density at radius 3 is 2.50 bits per heavy atom. The molecular formula is C6H9N3O. The zero-order chi connectivity index (χ0) is 7.40. The first-order valence-electron chi connectivity index (χ1n) is 3.03. The molecule has 0 radical (unpaired) electrons. The van der Waals surface area contributed by atoms with Crippen molar-refractivity contribution in [2.24, 2.45) is 5.73 Å². The third kappa shape index (κ3) is 1.66. The predicted molar refractivity (Wildman–Crippen MR) is 36.5 cm³/mol. The van der Waals surface area contributed by atoms with Crippen molar-refractivity contribution in [2.75, 3.05) is 6.54 Å². The van der Waals surface area contributed by atoms with E-state index in [4.69, 9.17) is 10.8 Å². The van der Waals surface area contributed by atoms with E-state index < -0.39 is 0 Å². The highest BCUT2D eigenvalue weighted by molar-refractivity contribution is 5.09. The number of hydrogen-bond acceptors (Lipinski definition) is 4. The number of rotatable bonds is 2. The third-order valence-corrected chi connectivity index (χ3v) is 1.06. The molecule has 0 aliphatic rings. The maximum Gasteiger partial charge on any atom is 0.152 e. The third-order valence-electron chi connectivity index (χ3n) is 1.06. The predicted octanol–water partition coefficient (Wildman–Crippen LogP) is -0.317. The molecule has 4 heteroatoms. The summed E-state index contributed by atoms with van der Waals surface area (Å²) in [5, 5.41) is 8.77. The van der Waals surface area contributed by atoms with Crippen LogP contribution in [0.4, 0.5) is 0 Å². The molecule has 0 amide bonds. The van der Waals surface area contributed by atoms with E-state index in [-0.39, 0.29) is 5.75 Å². The summed E-state index contributed by atoms with van der Waals surface area (Å²) in [6.07, 6.45) is 3.37. The van der Waals surface area contributed by atoms with E-state index >= 15 is 0 Å². The van der Waals surface area contributed by atoms with Gasteiger partial charge in [0, 0.05) is 6.42 Å². The van der Waals surface area contributed by atoms with Crippen molar-refractivity contribution >= 4 is 0 Å². The molecule has 0 spiro atoms. The number of aromatic hydroxyl groups is 1. The van der Waals surface area contributed by atoms with Crippen LogP contribution in [0.5, 0.6) is 5.75 Å². The Balaban J connectivity index is 2.69. The molecule has 0 saturated carbocycles. The summed E-state index contributed by atoms with van der Waals surface area (Å²) in [4.78, 5) is 7.65. The van der Waals surface area contributed by atoms with Crippen molar-refractivity contribution < 1.29 is 5.11 Å². The van der Waals surface area contributed by atoms with Crippen LogP contribution in [-0.4, -0.2) is 21.6 Å². The summed E-state index contributed by atoms with van der Waals surface area (Å²) in [5.74, 6) is 0.751. The molecule has 4 nitrogen and oxygen atoms in total. The smallest absolute Gasteiger partial charge is 0.152 e. The van der Waals surface area contributed by atoms with Gasteiger partial charge < -0.3 is 10.8 Å². The van der Waals surface area contributed by atoms with Crippen LogP contribution in [0.2, 0.25) is 0 Å². The second-order valence-electron chi connectivity index (χ2n) is 1.90. The Morgan fingerprint density at radius 2 is 2.00 bits per heavy atom. The summed E-state index contributed by atoms with van der Waals surface area (Å²) in [7, 11) is 0. The van der Waals surface area contributed by atoms with Crippen LogP contribution in [0, 0.1) is 0 Å². The van der Waals surface area contributed by atoms with Gasteiger partial charge in [0.1, 0.15) is 5.82 Å². The second kappa shape index (κ2) is 3.12. The molecule has 1 aromatic rings. The van der Waals surface area contributed by atoms with Gasteiger partial charge in [0.2, 0.25) is 0 Å². The molecule has 0 bridgehead atoms. The van der Waals surface area contributed by atoms with Crippen molar-refractivity contribution in [1.29, 1.82) is 0 Å². The molecule has 1 heterocycles. The van der Waals surface area contributed by atoms with Crippen molar-refractivity contribution in [3.63, 3.8) is 0 Å². The molecule has 0 aromatic carbocycles. The lowest BCUT2D eigenvalue weighted by Gasteiger charge is -1.94. The number of nitrogens with zero attached hydrogens (tertiary/aromatic N) is 2. The number of hydrogen-bond donors (Lipinski definition) is 2. The molecule has 0 saturated heterocycles. The standard InChI is InChI=1S/C6H9N3O/c7-2-1-6-8-3-5(10)4-9-6/h3-4,10H,1-2,7H2. The fourth-order valence-corrected chi connectivity index (χ4v) is 0.606. The molecule has 0 aliphatic carbocycles. The highest BCUT2D eigenvalue weighted by Crippen LogP contribution is 2.01. The van der Waals surface area contributed by atoms with Gasteiger partial charge in [0.25, 0.3) is 0 Å². The van der Waals surface area contributed by atoms with Gasteiger partial charge in [-0.05, 0) is 6.54 Å². The van der Waals surface area contributed by atoms with E-state index in [9.17, 15) is 0 Å². The van der Waals surface area contributed by atoms with Crippen LogP contribution in [0.25, 0.3) is 0 Å². The van der Waals surface area contributed by atoms with Gasteiger partial charge >= 0.3 is 0 Å². The second-order valence-corrected chi connectivity index (χ2v) is 1.90. The average molecular weight is 139 g/mol. The van der Waals surface area contributed by atoms with Crippen LogP contribution < -0.4 is 5.73 Å². The number of nitrogens with two attached hydrogens (primary N) is 1. The Bertz CT molecular complexity index is 197. The quantitative estimate of drug-likeness (QED) is 0.589. The average Bonchev–Trinajstić information content (AvgIpc) is 1.95. The summed E-state index contributed by atoms with van der Waals surface area (Å²) >= 11 is 0. The minimum absolute atomic E-state index is 0.0840. The summed E-state index contributed by atoms with van der Waals surface area (Å²) < 4.78 is 0. The number of aromatic nitrogens is 2. The lowest BCUT2D eigenvalue weighted by molar-refractivity contribution is 0.468. The monoisotopic (exact) mass is 139 g/mol. The summed E-state index contributed by atoms with van der Waals surface area (Å²) in [6, 6.07) is 0. The highest BCUT2D eigenvalue weighted by Gasteiger charge is 1.92. The van der Waals surface area contributed by atoms with Gasteiger partial charge in [-0.3, -0.25) is 0 Å². The first kappa shape index (κ1) is 6.95. The van der Waals surface area contributed by atoms with Gasteiger partial charge in [-0.25, -0.2) is 9.97 Å². The van der Waals surface area contributed by atoms with Crippen LogP contribution >= 0.6 is 0 Å².